The lowest BCUT2D eigenvalue weighted by Crippen LogP contribution is -2.37. The average molecular weight is 192 g/mol. The fourth-order valence-corrected chi connectivity index (χ4v) is 1.19. The minimum absolute atomic E-state index is 0.435. The van der Waals surface area contributed by atoms with Crippen LogP contribution in [0.25, 0.3) is 0 Å². The van der Waals surface area contributed by atoms with E-state index in [2.05, 4.69) is 4.74 Å². The van der Waals surface area contributed by atoms with Crippen LogP contribution in [-0.2, 0) is 14.3 Å². The van der Waals surface area contributed by atoms with Crippen molar-refractivity contribution >= 4 is 5.97 Å². The van der Waals surface area contributed by atoms with Crippen LogP contribution in [0.4, 0.5) is 0 Å². The van der Waals surface area contributed by atoms with Crippen LogP contribution in [0.15, 0.2) is 0 Å². The van der Waals surface area contributed by atoms with Crippen LogP contribution in [0, 0.1) is 0 Å². The number of hydrogen-bond acceptors (Lipinski definition) is 6. The summed E-state index contributed by atoms with van der Waals surface area (Å²) in [6.07, 6.45) is -4.59. The minimum atomic E-state index is -1.38. The maximum Gasteiger partial charge on any atom is 0.303 e. The first-order chi connectivity index (χ1) is 6.06. The van der Waals surface area contributed by atoms with Crippen LogP contribution in [0.5, 0.6) is 0 Å². The van der Waals surface area contributed by atoms with E-state index in [1.165, 1.54) is 0 Å². The molecule has 0 aromatic heterocycles. The van der Waals surface area contributed by atoms with Crippen molar-refractivity contribution in [2.45, 2.75) is 31.5 Å². The Balaban J connectivity index is 2.58. The minimum Gasteiger partial charge on any atom is -0.454 e. The summed E-state index contributed by atoms with van der Waals surface area (Å²) in [5, 5.41) is 27.2. The number of ether oxygens (including phenoxy) is 2. The maximum absolute atomic E-state index is 10.5. The largest absolute Gasteiger partial charge is 0.454 e. The van der Waals surface area contributed by atoms with Crippen molar-refractivity contribution in [2.24, 2.45) is 0 Å². The van der Waals surface area contributed by atoms with Crippen LogP contribution in [0.2, 0.25) is 0 Å². The Kier molecular flexibility index (Phi) is 3.21. The van der Waals surface area contributed by atoms with Gasteiger partial charge in [0.15, 0.2) is 12.4 Å². The highest BCUT2D eigenvalue weighted by atomic mass is 16.7. The van der Waals surface area contributed by atoms with Crippen molar-refractivity contribution in [3.63, 3.8) is 0 Å². The summed E-state index contributed by atoms with van der Waals surface area (Å²) >= 11 is 0. The van der Waals surface area contributed by atoms with E-state index in [0.29, 0.717) is 0 Å². The Hall–Kier alpha value is -0.690. The van der Waals surface area contributed by atoms with E-state index < -0.39 is 37.2 Å². The van der Waals surface area contributed by atoms with E-state index in [-0.39, 0.29) is 0 Å². The van der Waals surface area contributed by atoms with Gasteiger partial charge in [0.05, 0.1) is 6.61 Å². The van der Waals surface area contributed by atoms with Crippen LogP contribution in [-0.4, -0.2) is 52.5 Å². The van der Waals surface area contributed by atoms with Gasteiger partial charge in [-0.25, -0.2) is 0 Å². The first-order valence-corrected chi connectivity index (χ1v) is 3.86. The van der Waals surface area contributed by atoms with Crippen LogP contribution < -0.4 is 0 Å². The van der Waals surface area contributed by atoms with Crippen molar-refractivity contribution in [3.8, 4) is 0 Å². The van der Waals surface area contributed by atoms with Gasteiger partial charge in [0.2, 0.25) is 0 Å². The number of aliphatic hydroxyl groups is 3. The Morgan fingerprint density at radius 2 is 2.15 bits per heavy atom. The second kappa shape index (κ2) is 4.01. The summed E-state index contributed by atoms with van der Waals surface area (Å²) < 4.78 is 9.31. The zero-order chi connectivity index (χ0) is 10.0. The third kappa shape index (κ3) is 2.16. The van der Waals surface area contributed by atoms with E-state index in [0.717, 1.165) is 6.92 Å². The Labute approximate surface area is 74.7 Å². The second-order valence-electron chi connectivity index (χ2n) is 2.81. The maximum atomic E-state index is 10.5. The van der Waals surface area contributed by atoms with E-state index in [1.54, 1.807) is 0 Å². The molecular weight excluding hydrogens is 180 g/mol. The molecule has 0 saturated carbocycles. The van der Waals surface area contributed by atoms with Gasteiger partial charge in [-0.1, -0.05) is 0 Å². The first-order valence-electron chi connectivity index (χ1n) is 3.86. The third-order valence-electron chi connectivity index (χ3n) is 1.79. The SMILES string of the molecule is CC(=O)O[C@H]1C(O)[C@@H](CO)O[C@H]1O. The molecule has 4 atom stereocenters. The van der Waals surface area contributed by atoms with Crippen molar-refractivity contribution in [3.05, 3.63) is 0 Å². The van der Waals surface area contributed by atoms with Gasteiger partial charge in [0, 0.05) is 6.92 Å². The lowest BCUT2D eigenvalue weighted by Gasteiger charge is -2.16. The zero-order valence-corrected chi connectivity index (χ0v) is 7.08. The average Bonchev–Trinajstić information content (AvgIpc) is 2.31. The molecule has 1 aliphatic rings. The first kappa shape index (κ1) is 10.4. The topological polar surface area (TPSA) is 96.2 Å². The number of hydrogen-bond donors (Lipinski definition) is 3. The van der Waals surface area contributed by atoms with Crippen molar-refractivity contribution < 1.29 is 29.6 Å². The van der Waals surface area contributed by atoms with Gasteiger partial charge >= 0.3 is 5.97 Å². The van der Waals surface area contributed by atoms with Gasteiger partial charge in [-0.3, -0.25) is 4.79 Å². The molecule has 1 fully saturated rings. The molecule has 0 aliphatic carbocycles. The summed E-state index contributed by atoms with van der Waals surface area (Å²) in [4.78, 5) is 10.5. The van der Waals surface area contributed by atoms with Gasteiger partial charge in [-0.2, -0.15) is 0 Å². The molecule has 1 saturated heterocycles. The predicted octanol–water partition coefficient (Wildman–Crippen LogP) is -2.01. The molecule has 6 nitrogen and oxygen atoms in total. The highest BCUT2D eigenvalue weighted by Crippen LogP contribution is 2.22. The summed E-state index contributed by atoms with van der Waals surface area (Å²) in [6, 6.07) is 0. The molecule has 3 N–H and O–H groups in total. The molecule has 1 rings (SSSR count). The molecule has 0 bridgehead atoms. The number of carbonyl (C=O) groups is 1. The molecule has 6 heteroatoms. The molecule has 1 unspecified atom stereocenters. The number of aliphatic hydroxyl groups excluding tert-OH is 3. The molecule has 13 heavy (non-hydrogen) atoms. The van der Waals surface area contributed by atoms with Gasteiger partial charge in [0.1, 0.15) is 12.2 Å². The fourth-order valence-electron chi connectivity index (χ4n) is 1.19. The molecule has 1 aliphatic heterocycles. The number of esters is 1. The molecule has 76 valence electrons. The normalized spacial score (nSPS) is 39.1. The Morgan fingerprint density at radius 3 is 2.54 bits per heavy atom. The van der Waals surface area contributed by atoms with Gasteiger partial charge in [-0.15, -0.1) is 0 Å². The lowest BCUT2D eigenvalue weighted by atomic mass is 10.1. The summed E-state index contributed by atoms with van der Waals surface area (Å²) in [5.74, 6) is -0.620. The summed E-state index contributed by atoms with van der Waals surface area (Å²) in [6.45, 7) is 0.724. The second-order valence-corrected chi connectivity index (χ2v) is 2.81. The predicted molar refractivity (Wildman–Crippen MR) is 39.5 cm³/mol. The molecule has 0 amide bonds. The lowest BCUT2D eigenvalue weighted by molar-refractivity contribution is -0.170. The fraction of sp³-hybridized carbons (Fsp3) is 0.857. The van der Waals surface area contributed by atoms with E-state index >= 15 is 0 Å². The van der Waals surface area contributed by atoms with Crippen LogP contribution in [0.3, 0.4) is 0 Å². The molecule has 0 aromatic carbocycles. The van der Waals surface area contributed by atoms with E-state index in [1.807, 2.05) is 0 Å². The number of rotatable bonds is 2. The molecular formula is C7H12O6. The quantitative estimate of drug-likeness (QED) is 0.437. The van der Waals surface area contributed by atoms with Crippen molar-refractivity contribution in [2.75, 3.05) is 6.61 Å². The third-order valence-corrected chi connectivity index (χ3v) is 1.79. The number of carbonyl (C=O) groups excluding carboxylic acids is 1. The Morgan fingerprint density at radius 1 is 1.54 bits per heavy atom. The van der Waals surface area contributed by atoms with Crippen molar-refractivity contribution in [1.29, 1.82) is 0 Å². The van der Waals surface area contributed by atoms with E-state index in [9.17, 15) is 9.90 Å². The van der Waals surface area contributed by atoms with Crippen LogP contribution in [0.1, 0.15) is 6.92 Å². The monoisotopic (exact) mass is 192 g/mol. The molecule has 0 radical (unpaired) electrons. The molecule has 1 heterocycles. The van der Waals surface area contributed by atoms with Gasteiger partial charge < -0.3 is 24.8 Å². The molecule has 0 aromatic rings. The van der Waals surface area contributed by atoms with Gasteiger partial charge in [0.25, 0.3) is 0 Å². The standard InChI is InChI=1S/C7H12O6/c1-3(9)12-6-5(10)4(2-8)13-7(6)11/h4-8,10-11H,2H2,1H3/t4-,5?,6+,7-/m1/s1. The summed E-state index contributed by atoms with van der Waals surface area (Å²) in [7, 11) is 0. The van der Waals surface area contributed by atoms with E-state index in [4.69, 9.17) is 14.9 Å². The smallest absolute Gasteiger partial charge is 0.303 e. The highest BCUT2D eigenvalue weighted by Gasteiger charge is 2.44. The highest BCUT2D eigenvalue weighted by molar-refractivity contribution is 5.66. The van der Waals surface area contributed by atoms with Gasteiger partial charge in [-0.05, 0) is 0 Å². The Bertz CT molecular complexity index is 193. The summed E-state index contributed by atoms with van der Waals surface area (Å²) in [5.41, 5.74) is 0. The van der Waals surface area contributed by atoms with Crippen LogP contribution >= 0.6 is 0 Å². The zero-order valence-electron chi connectivity index (χ0n) is 7.08. The van der Waals surface area contributed by atoms with Crippen molar-refractivity contribution in [1.82, 2.24) is 0 Å². The molecule has 0 spiro atoms.